The molecule has 0 saturated heterocycles. The maximum Gasteiger partial charge on any atom is 0.119 e. The molecular formula is C23H41NO. The van der Waals surface area contributed by atoms with E-state index in [-0.39, 0.29) is 0 Å². The normalized spacial score (nSPS) is 10.9. The van der Waals surface area contributed by atoms with Crippen LogP contribution in [0.15, 0.2) is 24.3 Å². The van der Waals surface area contributed by atoms with Gasteiger partial charge in [-0.15, -0.1) is 0 Å². The third-order valence-corrected chi connectivity index (χ3v) is 4.90. The minimum atomic E-state index is 0.791. The summed E-state index contributed by atoms with van der Waals surface area (Å²) in [6, 6.07) is 7.67. The number of unbranched alkanes of at least 4 members (excludes halogenated alkanes) is 14. The summed E-state index contributed by atoms with van der Waals surface area (Å²) in [7, 11) is 0. The smallest absolute Gasteiger partial charge is 0.119 e. The van der Waals surface area contributed by atoms with Crippen molar-refractivity contribution in [3.63, 3.8) is 0 Å². The Kier molecular flexibility index (Phi) is 14.3. The summed E-state index contributed by atoms with van der Waals surface area (Å²) >= 11 is 0. The summed E-state index contributed by atoms with van der Waals surface area (Å²) in [4.78, 5) is 0. The zero-order valence-corrected chi connectivity index (χ0v) is 16.6. The van der Waals surface area contributed by atoms with E-state index in [0.717, 1.165) is 24.5 Å². The molecule has 0 aliphatic heterocycles. The topological polar surface area (TPSA) is 35.2 Å². The van der Waals surface area contributed by atoms with Gasteiger partial charge in [-0.05, 0) is 30.7 Å². The predicted octanol–water partition coefficient (Wildman–Crippen LogP) is 7.52. The maximum absolute atomic E-state index is 5.72. The van der Waals surface area contributed by atoms with Crippen LogP contribution >= 0.6 is 0 Å². The molecule has 0 spiro atoms. The first-order valence-corrected chi connectivity index (χ1v) is 10.8. The molecule has 0 radical (unpaired) electrons. The fourth-order valence-corrected chi connectivity index (χ4v) is 3.23. The first-order chi connectivity index (χ1) is 12.3. The van der Waals surface area contributed by atoms with Gasteiger partial charge in [0.25, 0.3) is 0 Å². The average molecular weight is 348 g/mol. The molecule has 0 heterocycles. The second-order valence-electron chi connectivity index (χ2n) is 7.37. The van der Waals surface area contributed by atoms with E-state index in [1.807, 2.05) is 24.3 Å². The van der Waals surface area contributed by atoms with Crippen LogP contribution in [0.3, 0.4) is 0 Å². The molecule has 2 heteroatoms. The molecule has 1 rings (SSSR count). The molecule has 0 amide bonds. The van der Waals surface area contributed by atoms with Gasteiger partial charge in [0.05, 0.1) is 6.61 Å². The summed E-state index contributed by atoms with van der Waals surface area (Å²) in [6.07, 6.45) is 21.0. The van der Waals surface area contributed by atoms with E-state index in [0.29, 0.717) is 0 Å². The molecule has 2 N–H and O–H groups in total. The van der Waals surface area contributed by atoms with Crippen LogP contribution in [0.1, 0.15) is 103 Å². The molecule has 1 aromatic rings. The second kappa shape index (κ2) is 16.3. The minimum Gasteiger partial charge on any atom is -0.494 e. The SMILES string of the molecule is CCCCCCCCCCCCCCCCCOc1ccc(N)cc1. The Hall–Kier alpha value is -1.18. The maximum atomic E-state index is 5.72. The fourth-order valence-electron chi connectivity index (χ4n) is 3.23. The van der Waals surface area contributed by atoms with Gasteiger partial charge < -0.3 is 10.5 Å². The third kappa shape index (κ3) is 13.8. The van der Waals surface area contributed by atoms with Crippen molar-refractivity contribution < 1.29 is 4.74 Å². The lowest BCUT2D eigenvalue weighted by molar-refractivity contribution is 0.304. The number of rotatable bonds is 17. The van der Waals surface area contributed by atoms with Crippen molar-refractivity contribution >= 4 is 5.69 Å². The first-order valence-electron chi connectivity index (χ1n) is 10.8. The van der Waals surface area contributed by atoms with Crippen molar-refractivity contribution in [2.45, 2.75) is 103 Å². The Labute approximate surface area is 156 Å². The standard InChI is InChI=1S/C23H41NO/c1-2-3-4-5-6-7-8-9-10-11-12-13-14-15-16-21-25-23-19-17-22(24)18-20-23/h17-20H,2-16,21,24H2,1H3. The lowest BCUT2D eigenvalue weighted by Gasteiger charge is -2.06. The molecule has 144 valence electrons. The van der Waals surface area contributed by atoms with E-state index in [4.69, 9.17) is 10.5 Å². The van der Waals surface area contributed by atoms with Gasteiger partial charge in [-0.1, -0.05) is 96.8 Å². The van der Waals surface area contributed by atoms with E-state index >= 15 is 0 Å². The monoisotopic (exact) mass is 347 g/mol. The van der Waals surface area contributed by atoms with Gasteiger partial charge in [0, 0.05) is 5.69 Å². The van der Waals surface area contributed by atoms with Crippen molar-refractivity contribution in [3.05, 3.63) is 24.3 Å². The van der Waals surface area contributed by atoms with Crippen molar-refractivity contribution in [1.29, 1.82) is 0 Å². The van der Waals surface area contributed by atoms with Gasteiger partial charge in [0.1, 0.15) is 5.75 Å². The summed E-state index contributed by atoms with van der Waals surface area (Å²) in [5.41, 5.74) is 6.45. The van der Waals surface area contributed by atoms with Crippen molar-refractivity contribution in [2.24, 2.45) is 0 Å². The van der Waals surface area contributed by atoms with E-state index in [1.54, 1.807) is 0 Å². The van der Waals surface area contributed by atoms with Crippen LogP contribution in [0.4, 0.5) is 5.69 Å². The van der Waals surface area contributed by atoms with Crippen LogP contribution in [-0.2, 0) is 0 Å². The van der Waals surface area contributed by atoms with E-state index in [9.17, 15) is 0 Å². The average Bonchev–Trinajstić information content (AvgIpc) is 2.63. The van der Waals surface area contributed by atoms with Gasteiger partial charge in [-0.3, -0.25) is 0 Å². The quantitative estimate of drug-likeness (QED) is 0.233. The number of nitrogens with two attached hydrogens (primary N) is 1. The third-order valence-electron chi connectivity index (χ3n) is 4.90. The summed E-state index contributed by atoms with van der Waals surface area (Å²) in [6.45, 7) is 3.11. The lowest BCUT2D eigenvalue weighted by atomic mass is 10.0. The molecule has 0 fully saturated rings. The highest BCUT2D eigenvalue weighted by atomic mass is 16.5. The number of anilines is 1. The van der Waals surface area contributed by atoms with Crippen LogP contribution in [-0.4, -0.2) is 6.61 Å². The molecule has 2 nitrogen and oxygen atoms in total. The van der Waals surface area contributed by atoms with Crippen molar-refractivity contribution in [3.8, 4) is 5.75 Å². The predicted molar refractivity (Wildman–Crippen MR) is 111 cm³/mol. The molecule has 0 bridgehead atoms. The number of benzene rings is 1. The van der Waals surface area contributed by atoms with Crippen LogP contribution in [0, 0.1) is 0 Å². The zero-order chi connectivity index (χ0) is 18.0. The summed E-state index contributed by atoms with van der Waals surface area (Å²) in [5.74, 6) is 0.930. The van der Waals surface area contributed by atoms with Crippen LogP contribution in [0.5, 0.6) is 5.75 Å². The number of ether oxygens (including phenoxy) is 1. The zero-order valence-electron chi connectivity index (χ0n) is 16.6. The Morgan fingerprint density at radius 1 is 0.600 bits per heavy atom. The lowest BCUT2D eigenvalue weighted by Crippen LogP contribution is -1.97. The highest BCUT2D eigenvalue weighted by molar-refractivity contribution is 5.41. The molecule has 0 atom stereocenters. The Morgan fingerprint density at radius 2 is 1.00 bits per heavy atom. The number of hydrogen-bond acceptors (Lipinski definition) is 2. The Bertz CT molecular complexity index is 388. The van der Waals surface area contributed by atoms with Crippen molar-refractivity contribution in [1.82, 2.24) is 0 Å². The fraction of sp³-hybridized carbons (Fsp3) is 0.739. The van der Waals surface area contributed by atoms with Gasteiger partial charge in [0.15, 0.2) is 0 Å². The van der Waals surface area contributed by atoms with Crippen LogP contribution in [0.25, 0.3) is 0 Å². The van der Waals surface area contributed by atoms with Gasteiger partial charge in [-0.2, -0.15) is 0 Å². The van der Waals surface area contributed by atoms with Crippen LogP contribution < -0.4 is 10.5 Å². The van der Waals surface area contributed by atoms with Gasteiger partial charge >= 0.3 is 0 Å². The molecule has 1 aromatic carbocycles. The molecule has 0 aromatic heterocycles. The summed E-state index contributed by atoms with van der Waals surface area (Å²) < 4.78 is 5.72. The summed E-state index contributed by atoms with van der Waals surface area (Å²) in [5, 5.41) is 0. The van der Waals surface area contributed by atoms with Gasteiger partial charge in [-0.25, -0.2) is 0 Å². The highest BCUT2D eigenvalue weighted by Gasteiger charge is 1.96. The van der Waals surface area contributed by atoms with Gasteiger partial charge in [0.2, 0.25) is 0 Å². The molecule has 0 unspecified atom stereocenters. The van der Waals surface area contributed by atoms with Crippen molar-refractivity contribution in [2.75, 3.05) is 12.3 Å². The molecule has 0 saturated carbocycles. The van der Waals surface area contributed by atoms with E-state index in [2.05, 4.69) is 6.92 Å². The number of hydrogen-bond donors (Lipinski definition) is 1. The Morgan fingerprint density at radius 3 is 1.44 bits per heavy atom. The Balaban J connectivity index is 1.74. The molecular weight excluding hydrogens is 306 g/mol. The van der Waals surface area contributed by atoms with E-state index < -0.39 is 0 Å². The van der Waals surface area contributed by atoms with E-state index in [1.165, 1.54) is 89.9 Å². The largest absolute Gasteiger partial charge is 0.494 e. The highest BCUT2D eigenvalue weighted by Crippen LogP contribution is 2.15. The number of nitrogen functional groups attached to an aromatic ring is 1. The molecule has 0 aliphatic rings. The second-order valence-corrected chi connectivity index (χ2v) is 7.37. The molecule has 0 aliphatic carbocycles. The first kappa shape index (κ1) is 21.9. The molecule has 25 heavy (non-hydrogen) atoms. The van der Waals surface area contributed by atoms with Crippen LogP contribution in [0.2, 0.25) is 0 Å². The minimum absolute atomic E-state index is 0.791.